The average molecular weight is 364 g/mol. The fourth-order valence-corrected chi connectivity index (χ4v) is 2.30. The van der Waals surface area contributed by atoms with Crippen LogP contribution in [-0.4, -0.2) is 19.6 Å². The first-order valence-corrected chi connectivity index (χ1v) is 8.73. The van der Waals surface area contributed by atoms with Gasteiger partial charge in [0.25, 0.3) is 5.91 Å². The van der Waals surface area contributed by atoms with Crippen LogP contribution in [0.1, 0.15) is 25.0 Å². The smallest absolute Gasteiger partial charge is 0.266 e. The summed E-state index contributed by atoms with van der Waals surface area (Å²) in [5.41, 5.74) is 2.42. The number of benzene rings is 2. The van der Waals surface area contributed by atoms with Gasteiger partial charge in [-0.1, -0.05) is 37.6 Å². The van der Waals surface area contributed by atoms with Gasteiger partial charge < -0.3 is 14.8 Å². The molecule has 0 saturated heterocycles. The summed E-state index contributed by atoms with van der Waals surface area (Å²) >= 11 is 0. The second-order valence-electron chi connectivity index (χ2n) is 6.61. The van der Waals surface area contributed by atoms with E-state index < -0.39 is 5.91 Å². The number of anilines is 1. The van der Waals surface area contributed by atoms with E-state index in [1.165, 1.54) is 6.08 Å². The molecule has 0 aliphatic heterocycles. The molecule has 2 aromatic carbocycles. The van der Waals surface area contributed by atoms with E-state index in [0.717, 1.165) is 5.56 Å². The Morgan fingerprint density at radius 3 is 2.48 bits per heavy atom. The van der Waals surface area contributed by atoms with E-state index in [-0.39, 0.29) is 5.57 Å². The first kappa shape index (κ1) is 20.1. The van der Waals surface area contributed by atoms with Crippen molar-refractivity contribution in [3.63, 3.8) is 0 Å². The number of amides is 1. The molecule has 0 heterocycles. The SMILES string of the molecule is COc1cc(/C=C(\C#N)C(=O)Nc2ccc(C)cc2)ccc1OCC(C)C. The Labute approximate surface area is 160 Å². The number of hydrogen-bond acceptors (Lipinski definition) is 4. The lowest BCUT2D eigenvalue weighted by molar-refractivity contribution is -0.112. The van der Waals surface area contributed by atoms with E-state index >= 15 is 0 Å². The lowest BCUT2D eigenvalue weighted by atomic mass is 10.1. The molecule has 5 heteroatoms. The normalized spacial score (nSPS) is 11.0. The summed E-state index contributed by atoms with van der Waals surface area (Å²) in [6, 6.07) is 14.6. The van der Waals surface area contributed by atoms with Crippen LogP contribution in [0.3, 0.4) is 0 Å². The van der Waals surface area contributed by atoms with Crippen molar-refractivity contribution in [2.24, 2.45) is 5.92 Å². The molecule has 0 saturated carbocycles. The highest BCUT2D eigenvalue weighted by Gasteiger charge is 2.11. The Bertz CT molecular complexity index is 862. The van der Waals surface area contributed by atoms with Crippen molar-refractivity contribution < 1.29 is 14.3 Å². The second-order valence-corrected chi connectivity index (χ2v) is 6.61. The maximum absolute atomic E-state index is 12.4. The van der Waals surface area contributed by atoms with Gasteiger partial charge in [0.15, 0.2) is 11.5 Å². The molecule has 2 rings (SSSR count). The fourth-order valence-electron chi connectivity index (χ4n) is 2.30. The lowest BCUT2D eigenvalue weighted by Crippen LogP contribution is -2.13. The molecule has 2 aromatic rings. The van der Waals surface area contributed by atoms with Gasteiger partial charge in [-0.3, -0.25) is 4.79 Å². The topological polar surface area (TPSA) is 71.3 Å². The van der Waals surface area contributed by atoms with Crippen molar-refractivity contribution >= 4 is 17.7 Å². The summed E-state index contributed by atoms with van der Waals surface area (Å²) in [5, 5.41) is 12.1. The first-order chi connectivity index (χ1) is 12.9. The van der Waals surface area contributed by atoms with Crippen LogP contribution < -0.4 is 14.8 Å². The predicted octanol–water partition coefficient (Wildman–Crippen LogP) is 4.58. The second kappa shape index (κ2) is 9.44. The van der Waals surface area contributed by atoms with Crippen LogP contribution in [-0.2, 0) is 4.79 Å². The van der Waals surface area contributed by atoms with E-state index in [1.807, 2.05) is 25.1 Å². The molecular formula is C22H24N2O3. The summed E-state index contributed by atoms with van der Waals surface area (Å²) in [5.74, 6) is 1.12. The minimum Gasteiger partial charge on any atom is -0.493 e. The van der Waals surface area contributed by atoms with Crippen LogP contribution >= 0.6 is 0 Å². The molecule has 0 spiro atoms. The molecule has 0 bridgehead atoms. The van der Waals surface area contributed by atoms with Crippen molar-refractivity contribution in [1.82, 2.24) is 0 Å². The maximum atomic E-state index is 12.4. The third kappa shape index (κ3) is 5.89. The Balaban J connectivity index is 2.19. The van der Waals surface area contributed by atoms with Gasteiger partial charge in [-0.2, -0.15) is 5.26 Å². The molecule has 0 aliphatic carbocycles. The molecule has 0 aliphatic rings. The highest BCUT2D eigenvalue weighted by Crippen LogP contribution is 2.29. The predicted molar refractivity (Wildman–Crippen MR) is 107 cm³/mol. The summed E-state index contributed by atoms with van der Waals surface area (Å²) in [4.78, 5) is 12.4. The van der Waals surface area contributed by atoms with Gasteiger partial charge in [-0.05, 0) is 48.7 Å². The molecule has 140 valence electrons. The third-order valence-electron chi connectivity index (χ3n) is 3.75. The minimum atomic E-state index is -0.458. The van der Waals surface area contributed by atoms with Gasteiger partial charge in [-0.15, -0.1) is 0 Å². The number of nitriles is 1. The molecule has 0 unspecified atom stereocenters. The van der Waals surface area contributed by atoms with Crippen LogP contribution in [0.2, 0.25) is 0 Å². The Morgan fingerprint density at radius 2 is 1.89 bits per heavy atom. The van der Waals surface area contributed by atoms with Crippen LogP contribution in [0.25, 0.3) is 6.08 Å². The largest absolute Gasteiger partial charge is 0.493 e. The van der Waals surface area contributed by atoms with Crippen molar-refractivity contribution in [3.05, 3.63) is 59.2 Å². The Hall–Kier alpha value is -3.26. The Morgan fingerprint density at radius 1 is 1.19 bits per heavy atom. The first-order valence-electron chi connectivity index (χ1n) is 8.73. The highest BCUT2D eigenvalue weighted by atomic mass is 16.5. The maximum Gasteiger partial charge on any atom is 0.266 e. The highest BCUT2D eigenvalue weighted by molar-refractivity contribution is 6.09. The summed E-state index contributed by atoms with van der Waals surface area (Å²) in [7, 11) is 1.56. The van der Waals surface area contributed by atoms with Crippen LogP contribution in [0.4, 0.5) is 5.69 Å². The number of carbonyl (C=O) groups excluding carboxylic acids is 1. The number of ether oxygens (including phenoxy) is 2. The number of carbonyl (C=O) groups is 1. The van der Waals surface area contributed by atoms with Crippen molar-refractivity contribution in [2.75, 3.05) is 19.0 Å². The summed E-state index contributed by atoms with van der Waals surface area (Å²) in [6.07, 6.45) is 1.53. The molecule has 1 amide bonds. The number of nitrogens with zero attached hydrogens (tertiary/aromatic N) is 1. The molecule has 0 aromatic heterocycles. The van der Waals surface area contributed by atoms with Crippen LogP contribution in [0, 0.1) is 24.2 Å². The molecule has 0 fully saturated rings. The van der Waals surface area contributed by atoms with Crippen molar-refractivity contribution in [2.45, 2.75) is 20.8 Å². The van der Waals surface area contributed by atoms with E-state index in [4.69, 9.17) is 9.47 Å². The Kier molecular flexibility index (Phi) is 7.01. The lowest BCUT2D eigenvalue weighted by Gasteiger charge is -2.13. The summed E-state index contributed by atoms with van der Waals surface area (Å²) < 4.78 is 11.1. The molecule has 1 N–H and O–H groups in total. The van der Waals surface area contributed by atoms with E-state index in [0.29, 0.717) is 35.3 Å². The number of aryl methyl sites for hydroxylation is 1. The monoisotopic (exact) mass is 364 g/mol. The molecule has 0 radical (unpaired) electrons. The van der Waals surface area contributed by atoms with E-state index in [9.17, 15) is 10.1 Å². The third-order valence-corrected chi connectivity index (χ3v) is 3.75. The quantitative estimate of drug-likeness (QED) is 0.576. The standard InChI is InChI=1S/C22H24N2O3/c1-15(2)14-27-20-10-7-17(12-21(20)26-4)11-18(13-23)22(25)24-19-8-5-16(3)6-9-19/h5-12,15H,14H2,1-4H3,(H,24,25)/b18-11+. The fraction of sp³-hybridized carbons (Fsp3) is 0.273. The van der Waals surface area contributed by atoms with Crippen molar-refractivity contribution in [3.8, 4) is 17.6 Å². The number of nitrogens with one attached hydrogen (secondary N) is 1. The summed E-state index contributed by atoms with van der Waals surface area (Å²) in [6.45, 7) is 6.67. The molecule has 5 nitrogen and oxygen atoms in total. The van der Waals surface area contributed by atoms with Gasteiger partial charge in [0.1, 0.15) is 11.6 Å². The van der Waals surface area contributed by atoms with Gasteiger partial charge in [0, 0.05) is 5.69 Å². The zero-order valence-electron chi connectivity index (χ0n) is 16.1. The minimum absolute atomic E-state index is 0.00785. The number of hydrogen-bond donors (Lipinski definition) is 1. The number of rotatable bonds is 7. The van der Waals surface area contributed by atoms with Gasteiger partial charge >= 0.3 is 0 Å². The zero-order chi connectivity index (χ0) is 19.8. The van der Waals surface area contributed by atoms with E-state index in [1.54, 1.807) is 37.4 Å². The van der Waals surface area contributed by atoms with Gasteiger partial charge in [0.05, 0.1) is 13.7 Å². The zero-order valence-corrected chi connectivity index (χ0v) is 16.1. The molecular weight excluding hydrogens is 340 g/mol. The van der Waals surface area contributed by atoms with E-state index in [2.05, 4.69) is 19.2 Å². The number of methoxy groups -OCH3 is 1. The van der Waals surface area contributed by atoms with Crippen molar-refractivity contribution in [1.29, 1.82) is 5.26 Å². The van der Waals surface area contributed by atoms with Crippen LogP contribution in [0.15, 0.2) is 48.0 Å². The van der Waals surface area contributed by atoms with Crippen LogP contribution in [0.5, 0.6) is 11.5 Å². The average Bonchev–Trinajstić information content (AvgIpc) is 2.66. The van der Waals surface area contributed by atoms with Gasteiger partial charge in [0.2, 0.25) is 0 Å². The molecule has 0 atom stereocenters. The van der Waals surface area contributed by atoms with Gasteiger partial charge in [-0.25, -0.2) is 0 Å². The molecule has 27 heavy (non-hydrogen) atoms.